The highest BCUT2D eigenvalue weighted by atomic mass is 127. The van der Waals surface area contributed by atoms with Crippen LogP contribution in [0.15, 0.2) is 29.3 Å². The van der Waals surface area contributed by atoms with Crippen LogP contribution in [0.3, 0.4) is 0 Å². The van der Waals surface area contributed by atoms with Crippen LogP contribution < -0.4 is 15.5 Å². The number of anilines is 1. The summed E-state index contributed by atoms with van der Waals surface area (Å²) in [7, 11) is 5.98. The molecule has 0 heterocycles. The largest absolute Gasteiger partial charge is 0.378 e. The van der Waals surface area contributed by atoms with E-state index >= 15 is 0 Å². The lowest BCUT2D eigenvalue weighted by Crippen LogP contribution is -2.44. The van der Waals surface area contributed by atoms with E-state index in [1.807, 2.05) is 7.05 Å². The lowest BCUT2D eigenvalue weighted by Gasteiger charge is -2.28. The van der Waals surface area contributed by atoms with Crippen molar-refractivity contribution in [2.75, 3.05) is 26.0 Å². The van der Waals surface area contributed by atoms with Crippen molar-refractivity contribution in [2.24, 2.45) is 10.9 Å². The highest BCUT2D eigenvalue weighted by Crippen LogP contribution is 2.23. The first-order chi connectivity index (χ1) is 10.6. The van der Waals surface area contributed by atoms with Crippen molar-refractivity contribution in [2.45, 2.75) is 45.2 Å². The molecule has 1 fully saturated rings. The predicted molar refractivity (Wildman–Crippen MR) is 111 cm³/mol. The lowest BCUT2D eigenvalue weighted by atomic mass is 9.87. The zero-order chi connectivity index (χ0) is 15.9. The molecule has 1 aliphatic rings. The van der Waals surface area contributed by atoms with Gasteiger partial charge in [0, 0.05) is 39.4 Å². The standard InChI is InChI=1S/C18H30N4.HI/c1-14-8-10-16(11-9-14)21-18(19-2)20-13-15-6-5-7-17(12-15)22(3)4;/h5-7,12,14,16H,8-11,13H2,1-4H3,(H2,19,20,21);1H. The number of guanidine groups is 1. The molecule has 5 heteroatoms. The summed E-state index contributed by atoms with van der Waals surface area (Å²) in [5.41, 5.74) is 2.50. The van der Waals surface area contributed by atoms with Gasteiger partial charge in [-0.25, -0.2) is 0 Å². The number of aliphatic imine (C=N–C) groups is 1. The molecular weight excluding hydrogens is 399 g/mol. The zero-order valence-electron chi connectivity index (χ0n) is 14.8. The second-order valence-electron chi connectivity index (χ2n) is 6.59. The van der Waals surface area contributed by atoms with Gasteiger partial charge in [0.2, 0.25) is 0 Å². The SMILES string of the molecule is CN=C(NCc1cccc(N(C)C)c1)NC1CCC(C)CC1.I. The molecule has 2 rings (SSSR count). The molecular formula is C18H31IN4. The second kappa shape index (κ2) is 10.0. The Balaban J connectivity index is 0.00000264. The fourth-order valence-corrected chi connectivity index (χ4v) is 2.92. The Kier molecular flexibility index (Phi) is 8.73. The van der Waals surface area contributed by atoms with Gasteiger partial charge in [0.05, 0.1) is 0 Å². The minimum atomic E-state index is 0. The van der Waals surface area contributed by atoms with Gasteiger partial charge >= 0.3 is 0 Å². The number of hydrogen-bond donors (Lipinski definition) is 2. The minimum Gasteiger partial charge on any atom is -0.378 e. The van der Waals surface area contributed by atoms with Crippen LogP contribution in [-0.2, 0) is 6.54 Å². The summed E-state index contributed by atoms with van der Waals surface area (Å²) in [5.74, 6) is 1.79. The van der Waals surface area contributed by atoms with Gasteiger partial charge in [-0.3, -0.25) is 4.99 Å². The van der Waals surface area contributed by atoms with Gasteiger partial charge in [-0.15, -0.1) is 24.0 Å². The molecule has 0 atom stereocenters. The van der Waals surface area contributed by atoms with Gasteiger partial charge < -0.3 is 15.5 Å². The Morgan fingerprint density at radius 1 is 1.22 bits per heavy atom. The highest BCUT2D eigenvalue weighted by Gasteiger charge is 2.18. The maximum absolute atomic E-state index is 4.36. The van der Waals surface area contributed by atoms with Crippen molar-refractivity contribution in [1.29, 1.82) is 0 Å². The van der Waals surface area contributed by atoms with E-state index in [9.17, 15) is 0 Å². The highest BCUT2D eigenvalue weighted by molar-refractivity contribution is 14.0. The third-order valence-electron chi connectivity index (χ3n) is 4.47. The van der Waals surface area contributed by atoms with E-state index in [2.05, 4.69) is 65.8 Å². The average Bonchev–Trinajstić information content (AvgIpc) is 2.53. The summed E-state index contributed by atoms with van der Waals surface area (Å²) in [4.78, 5) is 6.48. The molecule has 0 amide bonds. The van der Waals surface area contributed by atoms with Crippen molar-refractivity contribution in [3.63, 3.8) is 0 Å². The molecule has 1 aromatic carbocycles. The smallest absolute Gasteiger partial charge is 0.191 e. The lowest BCUT2D eigenvalue weighted by molar-refractivity contribution is 0.329. The molecule has 130 valence electrons. The van der Waals surface area contributed by atoms with Crippen molar-refractivity contribution < 1.29 is 0 Å². The number of halogens is 1. The molecule has 0 aliphatic heterocycles. The van der Waals surface area contributed by atoms with Crippen LogP contribution in [0.25, 0.3) is 0 Å². The Morgan fingerprint density at radius 3 is 2.52 bits per heavy atom. The molecule has 4 nitrogen and oxygen atoms in total. The Morgan fingerprint density at radius 2 is 1.91 bits per heavy atom. The van der Waals surface area contributed by atoms with E-state index < -0.39 is 0 Å². The Labute approximate surface area is 158 Å². The monoisotopic (exact) mass is 430 g/mol. The molecule has 0 unspecified atom stereocenters. The van der Waals surface area contributed by atoms with Gasteiger partial charge in [0.25, 0.3) is 0 Å². The molecule has 23 heavy (non-hydrogen) atoms. The van der Waals surface area contributed by atoms with Crippen LogP contribution in [0.1, 0.15) is 38.2 Å². The van der Waals surface area contributed by atoms with Crippen molar-refractivity contribution >= 4 is 35.6 Å². The summed E-state index contributed by atoms with van der Waals surface area (Å²) in [6, 6.07) is 9.15. The van der Waals surface area contributed by atoms with Crippen LogP contribution in [0.2, 0.25) is 0 Å². The van der Waals surface area contributed by atoms with Gasteiger partial charge in [0.15, 0.2) is 5.96 Å². The second-order valence-corrected chi connectivity index (χ2v) is 6.59. The van der Waals surface area contributed by atoms with Crippen LogP contribution in [0.5, 0.6) is 0 Å². The molecule has 1 saturated carbocycles. The van der Waals surface area contributed by atoms with E-state index in [0.717, 1.165) is 18.4 Å². The summed E-state index contributed by atoms with van der Waals surface area (Å²) in [5, 5.41) is 6.99. The molecule has 0 bridgehead atoms. The number of nitrogens with one attached hydrogen (secondary N) is 2. The molecule has 0 aromatic heterocycles. The molecule has 0 saturated heterocycles. The zero-order valence-corrected chi connectivity index (χ0v) is 17.1. The molecule has 1 aromatic rings. The maximum atomic E-state index is 4.36. The fourth-order valence-electron chi connectivity index (χ4n) is 2.92. The first-order valence-electron chi connectivity index (χ1n) is 8.32. The van der Waals surface area contributed by atoms with E-state index in [0.29, 0.717) is 6.04 Å². The number of rotatable bonds is 4. The normalized spacial score (nSPS) is 21.3. The van der Waals surface area contributed by atoms with E-state index in [1.165, 1.54) is 36.9 Å². The predicted octanol–water partition coefficient (Wildman–Crippen LogP) is 3.61. The molecule has 0 radical (unpaired) electrons. The third-order valence-corrected chi connectivity index (χ3v) is 4.47. The summed E-state index contributed by atoms with van der Waals surface area (Å²) in [6.45, 7) is 3.14. The van der Waals surface area contributed by atoms with Gasteiger partial charge in [-0.1, -0.05) is 19.1 Å². The summed E-state index contributed by atoms with van der Waals surface area (Å²) in [6.07, 6.45) is 5.13. The van der Waals surface area contributed by atoms with Gasteiger partial charge in [0.1, 0.15) is 0 Å². The summed E-state index contributed by atoms with van der Waals surface area (Å²) >= 11 is 0. The van der Waals surface area contributed by atoms with Crippen molar-refractivity contribution in [3.8, 4) is 0 Å². The molecule has 0 spiro atoms. The van der Waals surface area contributed by atoms with E-state index in [-0.39, 0.29) is 24.0 Å². The maximum Gasteiger partial charge on any atom is 0.191 e. The topological polar surface area (TPSA) is 39.7 Å². The van der Waals surface area contributed by atoms with Crippen LogP contribution in [0, 0.1) is 5.92 Å². The molecule has 1 aliphatic carbocycles. The fraction of sp³-hybridized carbons (Fsp3) is 0.611. The van der Waals surface area contributed by atoms with Crippen LogP contribution >= 0.6 is 24.0 Å². The number of benzene rings is 1. The quantitative estimate of drug-likeness (QED) is 0.436. The van der Waals surface area contributed by atoms with Gasteiger partial charge in [-0.05, 0) is 49.3 Å². The van der Waals surface area contributed by atoms with Crippen molar-refractivity contribution in [1.82, 2.24) is 10.6 Å². The first-order valence-corrected chi connectivity index (χ1v) is 8.32. The summed E-state index contributed by atoms with van der Waals surface area (Å²) < 4.78 is 0. The first kappa shape index (κ1) is 20.1. The van der Waals surface area contributed by atoms with Gasteiger partial charge in [-0.2, -0.15) is 0 Å². The van der Waals surface area contributed by atoms with Crippen LogP contribution in [0.4, 0.5) is 5.69 Å². The minimum absolute atomic E-state index is 0. The van der Waals surface area contributed by atoms with Crippen LogP contribution in [-0.4, -0.2) is 33.1 Å². The third kappa shape index (κ3) is 6.57. The number of nitrogens with zero attached hydrogens (tertiary/aromatic N) is 2. The Bertz CT molecular complexity index is 494. The van der Waals surface area contributed by atoms with E-state index in [4.69, 9.17) is 0 Å². The Hall–Kier alpha value is -0.980. The van der Waals surface area contributed by atoms with Crippen molar-refractivity contribution in [3.05, 3.63) is 29.8 Å². The molecule has 2 N–H and O–H groups in total. The van der Waals surface area contributed by atoms with E-state index in [1.54, 1.807) is 0 Å². The average molecular weight is 430 g/mol. The number of hydrogen-bond acceptors (Lipinski definition) is 2.